The van der Waals surface area contributed by atoms with Gasteiger partial charge in [0, 0.05) is 12.0 Å². The zero-order valence-electron chi connectivity index (χ0n) is 25.5. The summed E-state index contributed by atoms with van der Waals surface area (Å²) >= 11 is 0. The normalized spacial score (nSPS) is 11.8. The lowest BCUT2D eigenvalue weighted by Crippen LogP contribution is -2.16. The number of carbonyl (C=O) groups excluding carboxylic acids is 1. The van der Waals surface area contributed by atoms with Crippen molar-refractivity contribution in [3.8, 4) is 11.4 Å². The second-order valence-corrected chi connectivity index (χ2v) is 10.7. The van der Waals surface area contributed by atoms with E-state index in [1.807, 2.05) is 57.2 Å². The van der Waals surface area contributed by atoms with Gasteiger partial charge in [-0.1, -0.05) is 39.0 Å². The first-order valence-corrected chi connectivity index (χ1v) is 14.6. The number of rotatable bonds is 21. The van der Waals surface area contributed by atoms with Gasteiger partial charge in [-0.3, -0.25) is 4.79 Å². The van der Waals surface area contributed by atoms with Gasteiger partial charge in [0.05, 0.1) is 72.7 Å². The van der Waals surface area contributed by atoms with Gasteiger partial charge in [-0.05, 0) is 35.6 Å². The number of hydrogen-bond donors (Lipinski definition) is 2. The Morgan fingerprint density at radius 2 is 1.26 bits per heavy atom. The molecule has 3 aromatic rings. The highest BCUT2D eigenvalue weighted by atomic mass is 16.6. The van der Waals surface area contributed by atoms with Crippen molar-refractivity contribution in [2.75, 3.05) is 79.3 Å². The summed E-state index contributed by atoms with van der Waals surface area (Å²) in [7, 11) is 0. The number of nitrogens with zero attached hydrogens (tertiary/aromatic N) is 3. The number of aromatic nitrogens is 3. The molecule has 0 radical (unpaired) electrons. The predicted octanol–water partition coefficient (Wildman–Crippen LogP) is 2.97. The van der Waals surface area contributed by atoms with Crippen LogP contribution >= 0.6 is 0 Å². The van der Waals surface area contributed by atoms with Gasteiger partial charge in [-0.2, -0.15) is 0 Å². The van der Waals surface area contributed by atoms with Crippen LogP contribution in [-0.4, -0.2) is 110 Å². The molecule has 1 heterocycles. The molecule has 0 saturated heterocycles. The van der Waals surface area contributed by atoms with Crippen LogP contribution in [0.5, 0.6) is 5.75 Å². The van der Waals surface area contributed by atoms with E-state index >= 15 is 0 Å². The SMILES string of the molecule is CC(C)(C)c1cc(CCC(=O)OCCOCCOCCOCCOCCOCCO)cc(-n2nc3ccccc3n2)c1O. The molecule has 0 aliphatic heterocycles. The van der Waals surface area contributed by atoms with Crippen LogP contribution in [0.3, 0.4) is 0 Å². The number of aliphatic hydroxyl groups excluding tert-OH is 1. The molecule has 0 saturated carbocycles. The predicted molar refractivity (Wildman–Crippen MR) is 160 cm³/mol. The number of phenols is 1. The van der Waals surface area contributed by atoms with E-state index < -0.39 is 0 Å². The number of phenolic OH excluding ortho intramolecular Hbond substituents is 1. The number of hydrogen-bond acceptors (Lipinski definition) is 11. The highest BCUT2D eigenvalue weighted by Gasteiger charge is 2.23. The summed E-state index contributed by atoms with van der Waals surface area (Å²) in [5.74, 6) is -0.205. The molecule has 0 amide bonds. The highest BCUT2D eigenvalue weighted by Crippen LogP contribution is 2.36. The first kappa shape index (κ1) is 34.4. The van der Waals surface area contributed by atoms with Crippen LogP contribution in [0, 0.1) is 0 Å². The van der Waals surface area contributed by atoms with Crippen molar-refractivity contribution in [2.45, 2.75) is 39.0 Å². The number of aryl methyl sites for hydroxylation is 1. The Labute approximate surface area is 252 Å². The molecule has 238 valence electrons. The summed E-state index contributed by atoms with van der Waals surface area (Å²) in [6.07, 6.45) is 0.631. The summed E-state index contributed by atoms with van der Waals surface area (Å²) < 4.78 is 32.1. The second-order valence-electron chi connectivity index (χ2n) is 10.7. The number of esters is 1. The lowest BCUT2D eigenvalue weighted by Gasteiger charge is -2.23. The van der Waals surface area contributed by atoms with E-state index in [0.717, 1.165) is 22.2 Å². The number of carbonyl (C=O) groups is 1. The average Bonchev–Trinajstić information content (AvgIpc) is 3.42. The molecule has 2 N–H and O–H groups in total. The monoisotopic (exact) mass is 603 g/mol. The third-order valence-corrected chi connectivity index (χ3v) is 6.29. The molecule has 0 aliphatic carbocycles. The fourth-order valence-corrected chi connectivity index (χ4v) is 4.09. The Morgan fingerprint density at radius 1 is 0.767 bits per heavy atom. The maximum absolute atomic E-state index is 12.4. The maximum Gasteiger partial charge on any atom is 0.306 e. The molecule has 43 heavy (non-hydrogen) atoms. The van der Waals surface area contributed by atoms with Crippen LogP contribution in [0.15, 0.2) is 36.4 Å². The van der Waals surface area contributed by atoms with Crippen molar-refractivity contribution >= 4 is 17.0 Å². The van der Waals surface area contributed by atoms with Crippen LogP contribution in [0.2, 0.25) is 0 Å². The number of aromatic hydroxyl groups is 1. The highest BCUT2D eigenvalue weighted by molar-refractivity contribution is 5.74. The van der Waals surface area contributed by atoms with E-state index in [1.54, 1.807) is 0 Å². The summed E-state index contributed by atoms with van der Waals surface area (Å²) in [4.78, 5) is 13.8. The average molecular weight is 604 g/mol. The van der Waals surface area contributed by atoms with Crippen molar-refractivity contribution in [2.24, 2.45) is 0 Å². The molecule has 0 unspecified atom stereocenters. The van der Waals surface area contributed by atoms with E-state index in [2.05, 4.69) is 10.2 Å². The van der Waals surface area contributed by atoms with Gasteiger partial charge < -0.3 is 38.6 Å². The maximum atomic E-state index is 12.4. The standard InChI is InChI=1S/C31H45N3O9/c1-31(2,3)25-22-24(23-28(30(25)37)34-32-26-6-4-5-7-27(26)33-34)8-9-29(36)43-21-20-42-19-18-41-17-16-40-15-14-39-13-12-38-11-10-35/h4-7,22-23,35,37H,8-21H2,1-3H3. The fraction of sp³-hybridized carbons (Fsp3) is 0.581. The molecule has 2 aromatic carbocycles. The Bertz CT molecular complexity index is 1210. The molecule has 3 rings (SSSR count). The molecule has 0 spiro atoms. The quantitative estimate of drug-likeness (QED) is 0.137. The number of aliphatic hydroxyl groups is 1. The Balaban J connectivity index is 1.30. The van der Waals surface area contributed by atoms with Crippen molar-refractivity contribution in [3.05, 3.63) is 47.5 Å². The van der Waals surface area contributed by atoms with Crippen LogP contribution in [0.1, 0.15) is 38.3 Å². The minimum Gasteiger partial charge on any atom is -0.505 e. The number of fused-ring (bicyclic) bond motifs is 1. The van der Waals surface area contributed by atoms with Crippen LogP contribution < -0.4 is 0 Å². The second kappa shape index (κ2) is 18.5. The van der Waals surface area contributed by atoms with Crippen molar-refractivity contribution < 1.29 is 43.4 Å². The number of benzene rings is 2. The van der Waals surface area contributed by atoms with Gasteiger partial charge in [0.2, 0.25) is 0 Å². The smallest absolute Gasteiger partial charge is 0.306 e. The molecular weight excluding hydrogens is 558 g/mol. The Hall–Kier alpha value is -3.13. The van der Waals surface area contributed by atoms with Gasteiger partial charge in [0.15, 0.2) is 0 Å². The van der Waals surface area contributed by atoms with Gasteiger partial charge in [-0.15, -0.1) is 15.0 Å². The van der Waals surface area contributed by atoms with Gasteiger partial charge in [0.1, 0.15) is 29.1 Å². The summed E-state index contributed by atoms with van der Waals surface area (Å²) in [6, 6.07) is 11.3. The lowest BCUT2D eigenvalue weighted by atomic mass is 9.84. The lowest BCUT2D eigenvalue weighted by molar-refractivity contribution is -0.145. The fourth-order valence-electron chi connectivity index (χ4n) is 4.09. The molecule has 12 nitrogen and oxygen atoms in total. The van der Waals surface area contributed by atoms with Gasteiger partial charge in [-0.25, -0.2) is 0 Å². The summed E-state index contributed by atoms with van der Waals surface area (Å²) in [6.45, 7) is 10.4. The van der Waals surface area contributed by atoms with Crippen LogP contribution in [0.4, 0.5) is 0 Å². The zero-order valence-corrected chi connectivity index (χ0v) is 25.5. The molecular formula is C31H45N3O9. The van der Waals surface area contributed by atoms with Gasteiger partial charge >= 0.3 is 5.97 Å². The van der Waals surface area contributed by atoms with Gasteiger partial charge in [0.25, 0.3) is 0 Å². The first-order valence-electron chi connectivity index (χ1n) is 14.6. The minimum atomic E-state index is -0.331. The molecule has 0 fully saturated rings. The molecule has 0 aliphatic rings. The molecule has 12 heteroatoms. The Kier molecular flexibility index (Phi) is 14.8. The van der Waals surface area contributed by atoms with Crippen LogP contribution in [-0.2, 0) is 45.1 Å². The minimum absolute atomic E-state index is 0.00965. The summed E-state index contributed by atoms with van der Waals surface area (Å²) in [5, 5.41) is 28.7. The summed E-state index contributed by atoms with van der Waals surface area (Å²) in [5.41, 5.74) is 3.23. The van der Waals surface area contributed by atoms with E-state index in [4.69, 9.17) is 33.5 Å². The number of ether oxygens (including phenoxy) is 6. The zero-order chi connectivity index (χ0) is 30.9. The molecule has 0 atom stereocenters. The van der Waals surface area contributed by atoms with E-state index in [9.17, 15) is 9.90 Å². The molecule has 0 bridgehead atoms. The van der Waals surface area contributed by atoms with E-state index in [-0.39, 0.29) is 43.4 Å². The van der Waals surface area contributed by atoms with Crippen LogP contribution in [0.25, 0.3) is 16.7 Å². The topological polar surface area (TPSA) is 144 Å². The van der Waals surface area contributed by atoms with Crippen molar-refractivity contribution in [1.29, 1.82) is 0 Å². The Morgan fingerprint density at radius 3 is 1.74 bits per heavy atom. The van der Waals surface area contributed by atoms with E-state index in [1.165, 1.54) is 4.80 Å². The van der Waals surface area contributed by atoms with Crippen molar-refractivity contribution in [1.82, 2.24) is 15.0 Å². The third kappa shape index (κ3) is 12.2. The largest absolute Gasteiger partial charge is 0.505 e. The van der Waals surface area contributed by atoms with Crippen molar-refractivity contribution in [3.63, 3.8) is 0 Å². The third-order valence-electron chi connectivity index (χ3n) is 6.29. The first-order chi connectivity index (χ1) is 20.8. The van der Waals surface area contributed by atoms with E-state index in [0.29, 0.717) is 71.6 Å². The molecule has 1 aromatic heterocycles.